The van der Waals surface area contributed by atoms with Gasteiger partial charge >= 0.3 is 0 Å². The first-order valence-electron chi connectivity index (χ1n) is 22.1. The topological polar surface area (TPSA) is 3.24 Å². The van der Waals surface area contributed by atoms with Crippen molar-refractivity contribution in [3.63, 3.8) is 0 Å². The fourth-order valence-corrected chi connectivity index (χ4v) is 11.1. The van der Waals surface area contributed by atoms with Gasteiger partial charge in [-0.1, -0.05) is 208 Å². The van der Waals surface area contributed by atoms with Gasteiger partial charge < -0.3 is 4.90 Å². The van der Waals surface area contributed by atoms with Gasteiger partial charge in [0, 0.05) is 22.5 Å². The maximum atomic E-state index is 2.49. The summed E-state index contributed by atoms with van der Waals surface area (Å²) in [5.74, 6) is 0. The van der Waals surface area contributed by atoms with Gasteiger partial charge in [0.1, 0.15) is 0 Å². The summed E-state index contributed by atoms with van der Waals surface area (Å²) in [4.78, 5) is 2.40. The van der Waals surface area contributed by atoms with Crippen molar-refractivity contribution in [2.75, 3.05) is 4.90 Å². The SMILES string of the molecule is CC1(C)c2cc(-c3cccc4c3-c3ccccc3C4(c3ccccc3)c3ccccc3)ccc2-c2ccc(N(c3ccccc3)c3ccc(-c4cccc5ccccc45)cc3)cc21. The first-order chi connectivity index (χ1) is 31.0. The van der Waals surface area contributed by atoms with E-state index < -0.39 is 5.41 Å². The summed E-state index contributed by atoms with van der Waals surface area (Å²) >= 11 is 0. The van der Waals surface area contributed by atoms with E-state index in [9.17, 15) is 0 Å². The van der Waals surface area contributed by atoms with Crippen LogP contribution in [0.25, 0.3) is 55.3 Å². The van der Waals surface area contributed by atoms with Crippen LogP contribution in [-0.4, -0.2) is 0 Å². The highest BCUT2D eigenvalue weighted by atomic mass is 15.1. The van der Waals surface area contributed by atoms with Gasteiger partial charge in [-0.3, -0.25) is 0 Å². The van der Waals surface area contributed by atoms with E-state index in [2.05, 4.69) is 255 Å². The third-order valence-corrected chi connectivity index (χ3v) is 14.0. The van der Waals surface area contributed by atoms with Crippen LogP contribution < -0.4 is 4.90 Å². The van der Waals surface area contributed by atoms with Gasteiger partial charge in [-0.2, -0.15) is 0 Å². The second kappa shape index (κ2) is 14.4. The van der Waals surface area contributed by atoms with Crippen molar-refractivity contribution >= 4 is 27.8 Å². The quantitative estimate of drug-likeness (QED) is 0.155. The molecule has 0 radical (unpaired) electrons. The average Bonchev–Trinajstić information content (AvgIpc) is 3.78. The van der Waals surface area contributed by atoms with Crippen LogP contribution in [0.5, 0.6) is 0 Å². The van der Waals surface area contributed by atoms with Crippen LogP contribution in [0.2, 0.25) is 0 Å². The molecule has 2 aliphatic carbocycles. The normalized spacial score (nSPS) is 13.8. The average molecular weight is 804 g/mol. The van der Waals surface area contributed by atoms with Gasteiger partial charge in [-0.25, -0.2) is 0 Å². The number of rotatable bonds is 7. The number of benzene rings is 10. The molecule has 63 heavy (non-hydrogen) atoms. The molecule has 2 aliphatic rings. The molecule has 10 aromatic rings. The van der Waals surface area contributed by atoms with E-state index in [1.54, 1.807) is 0 Å². The molecule has 0 amide bonds. The molecular formula is C62H45N. The summed E-state index contributed by atoms with van der Waals surface area (Å²) in [6.07, 6.45) is 0. The number of nitrogens with zero attached hydrogens (tertiary/aromatic N) is 1. The Morgan fingerprint density at radius 2 is 0.825 bits per heavy atom. The lowest BCUT2D eigenvalue weighted by molar-refractivity contribution is 0.660. The maximum Gasteiger partial charge on any atom is 0.0713 e. The van der Waals surface area contributed by atoms with Crippen molar-refractivity contribution in [3.8, 4) is 44.5 Å². The first-order valence-corrected chi connectivity index (χ1v) is 22.1. The van der Waals surface area contributed by atoms with Crippen molar-refractivity contribution in [1.82, 2.24) is 0 Å². The lowest BCUT2D eigenvalue weighted by Gasteiger charge is -2.34. The van der Waals surface area contributed by atoms with Gasteiger partial charge in [0.05, 0.1) is 5.41 Å². The minimum atomic E-state index is -0.437. The Hall–Kier alpha value is -7.74. The van der Waals surface area contributed by atoms with Crippen LogP contribution in [0.15, 0.2) is 237 Å². The third-order valence-electron chi connectivity index (χ3n) is 14.0. The highest BCUT2D eigenvalue weighted by Crippen LogP contribution is 2.59. The fourth-order valence-electron chi connectivity index (χ4n) is 11.1. The molecule has 1 nitrogen and oxygen atoms in total. The molecule has 0 atom stereocenters. The Balaban J connectivity index is 0.961. The highest BCUT2D eigenvalue weighted by Gasteiger charge is 2.47. The van der Waals surface area contributed by atoms with Crippen LogP contribution in [0, 0.1) is 0 Å². The van der Waals surface area contributed by atoms with E-state index in [4.69, 9.17) is 0 Å². The zero-order chi connectivity index (χ0) is 42.1. The van der Waals surface area contributed by atoms with Crippen LogP contribution in [0.1, 0.15) is 47.2 Å². The van der Waals surface area contributed by atoms with E-state index in [0.717, 1.165) is 17.1 Å². The number of hydrogen-bond acceptors (Lipinski definition) is 1. The Morgan fingerprint density at radius 3 is 1.57 bits per heavy atom. The molecule has 0 N–H and O–H groups in total. The molecule has 0 unspecified atom stereocenters. The summed E-state index contributed by atoms with van der Waals surface area (Å²) in [6.45, 7) is 4.80. The molecule has 0 aromatic heterocycles. The van der Waals surface area contributed by atoms with Crippen LogP contribution >= 0.6 is 0 Å². The molecule has 12 rings (SSSR count). The summed E-state index contributed by atoms with van der Waals surface area (Å²) in [7, 11) is 0. The van der Waals surface area contributed by atoms with Crippen LogP contribution in [-0.2, 0) is 10.8 Å². The van der Waals surface area contributed by atoms with Gasteiger partial charge in [0.2, 0.25) is 0 Å². The van der Waals surface area contributed by atoms with E-state index in [1.165, 1.54) is 88.7 Å². The predicted octanol–water partition coefficient (Wildman–Crippen LogP) is 16.3. The number of hydrogen-bond donors (Lipinski definition) is 0. The highest BCUT2D eigenvalue weighted by molar-refractivity contribution is 5.98. The summed E-state index contributed by atoms with van der Waals surface area (Å²) in [5, 5.41) is 2.52. The van der Waals surface area contributed by atoms with Crippen molar-refractivity contribution in [2.24, 2.45) is 0 Å². The van der Waals surface area contributed by atoms with Gasteiger partial charge in [-0.15, -0.1) is 0 Å². The number of fused-ring (bicyclic) bond motifs is 7. The molecule has 0 heterocycles. The van der Waals surface area contributed by atoms with Gasteiger partial charge in [0.25, 0.3) is 0 Å². The lowest BCUT2D eigenvalue weighted by atomic mass is 9.67. The molecule has 0 bridgehead atoms. The second-order valence-corrected chi connectivity index (χ2v) is 17.6. The zero-order valence-electron chi connectivity index (χ0n) is 35.5. The zero-order valence-corrected chi connectivity index (χ0v) is 35.5. The van der Waals surface area contributed by atoms with Crippen molar-refractivity contribution < 1.29 is 0 Å². The van der Waals surface area contributed by atoms with E-state index in [-0.39, 0.29) is 5.41 Å². The Kier molecular flexibility index (Phi) is 8.49. The van der Waals surface area contributed by atoms with Crippen LogP contribution in [0.4, 0.5) is 17.1 Å². The minimum absolute atomic E-state index is 0.231. The second-order valence-electron chi connectivity index (χ2n) is 17.6. The minimum Gasteiger partial charge on any atom is -0.310 e. The molecule has 1 heteroatoms. The largest absolute Gasteiger partial charge is 0.310 e. The standard InChI is InChI=1S/C62H45N/c1-61(2)58-40-44(52-29-17-31-57-60(52)55-27-14-15-30-56(55)62(57,45-20-6-3-7-21-45)46-22-8-4-9-23-46)34-38-53(58)54-39-37-49(41-59(54)61)63(47-24-10-5-11-25-47)48-35-32-43(33-36-48)51-28-16-19-42-18-12-13-26-50(42)51/h3-41H,1-2H3. The van der Waals surface area contributed by atoms with Gasteiger partial charge in [0.15, 0.2) is 0 Å². The third kappa shape index (κ3) is 5.63. The molecule has 0 saturated heterocycles. The molecule has 0 aliphatic heterocycles. The Labute approximate surface area is 370 Å². The smallest absolute Gasteiger partial charge is 0.0713 e. The summed E-state index contributed by atoms with van der Waals surface area (Å²) < 4.78 is 0. The summed E-state index contributed by atoms with van der Waals surface area (Å²) in [5.41, 5.74) is 20.9. The van der Waals surface area contributed by atoms with E-state index >= 15 is 0 Å². The monoisotopic (exact) mass is 803 g/mol. The maximum absolute atomic E-state index is 2.49. The molecule has 0 saturated carbocycles. The molecular weight excluding hydrogens is 759 g/mol. The first kappa shape index (κ1) is 37.1. The molecule has 0 fully saturated rings. The van der Waals surface area contributed by atoms with Crippen LogP contribution in [0.3, 0.4) is 0 Å². The molecule has 10 aromatic carbocycles. The van der Waals surface area contributed by atoms with Crippen molar-refractivity contribution in [3.05, 3.63) is 270 Å². The predicted molar refractivity (Wildman–Crippen MR) is 264 cm³/mol. The van der Waals surface area contributed by atoms with E-state index in [1.807, 2.05) is 0 Å². The fraction of sp³-hybridized carbons (Fsp3) is 0.0645. The summed E-state index contributed by atoms with van der Waals surface area (Å²) in [6, 6.07) is 87.6. The Bertz CT molecular complexity index is 3300. The van der Waals surface area contributed by atoms with Gasteiger partial charge in [-0.05, 0) is 131 Å². The van der Waals surface area contributed by atoms with Crippen molar-refractivity contribution in [1.29, 1.82) is 0 Å². The lowest BCUT2D eigenvalue weighted by Crippen LogP contribution is -2.28. The van der Waals surface area contributed by atoms with Crippen molar-refractivity contribution in [2.45, 2.75) is 24.7 Å². The number of anilines is 3. The van der Waals surface area contributed by atoms with E-state index in [0.29, 0.717) is 0 Å². The Morgan fingerprint density at radius 1 is 0.317 bits per heavy atom. The molecule has 0 spiro atoms. The molecule has 298 valence electrons. The number of para-hydroxylation sites is 1.